The average molecular weight is 319 g/mol. The maximum atomic E-state index is 12.0. The van der Waals surface area contributed by atoms with Gasteiger partial charge in [0.2, 0.25) is 11.8 Å². The van der Waals surface area contributed by atoms with Crippen LogP contribution < -0.4 is 5.32 Å². The van der Waals surface area contributed by atoms with Gasteiger partial charge >= 0.3 is 0 Å². The molecule has 120 valence electrons. The molecule has 0 bridgehead atoms. The van der Waals surface area contributed by atoms with Crippen LogP contribution in [0.25, 0.3) is 22.9 Å². The lowest BCUT2D eigenvalue weighted by atomic mass is 10.1. The van der Waals surface area contributed by atoms with Crippen LogP contribution in [-0.2, 0) is 0 Å². The Morgan fingerprint density at radius 3 is 2.46 bits per heavy atom. The molecule has 0 saturated heterocycles. The van der Waals surface area contributed by atoms with E-state index in [2.05, 4.69) is 15.5 Å². The summed E-state index contributed by atoms with van der Waals surface area (Å²) in [6.45, 7) is 2.01. The van der Waals surface area contributed by atoms with E-state index in [4.69, 9.17) is 4.42 Å². The van der Waals surface area contributed by atoms with E-state index in [-0.39, 0.29) is 5.91 Å². The maximum absolute atomic E-state index is 12.0. The van der Waals surface area contributed by atoms with Gasteiger partial charge in [0.15, 0.2) is 0 Å². The van der Waals surface area contributed by atoms with E-state index in [1.54, 1.807) is 12.1 Å². The molecule has 1 N–H and O–H groups in total. The molecule has 24 heavy (non-hydrogen) atoms. The smallest absolute Gasteiger partial charge is 0.251 e. The van der Waals surface area contributed by atoms with Gasteiger partial charge in [-0.05, 0) is 55.7 Å². The van der Waals surface area contributed by atoms with Crippen molar-refractivity contribution in [3.63, 3.8) is 0 Å². The molecular formula is C19H17N3O2. The third-order valence-electron chi connectivity index (χ3n) is 4.11. The number of aromatic nitrogens is 2. The number of carbonyl (C=O) groups is 1. The second-order valence-corrected chi connectivity index (χ2v) is 6.05. The van der Waals surface area contributed by atoms with E-state index >= 15 is 0 Å². The topological polar surface area (TPSA) is 68.0 Å². The number of nitrogens with one attached hydrogen (secondary N) is 1. The predicted octanol–water partition coefficient (Wildman–Crippen LogP) is 3.60. The number of nitrogens with zero attached hydrogens (tertiary/aromatic N) is 2. The molecule has 3 aromatic rings. The van der Waals surface area contributed by atoms with E-state index in [0.29, 0.717) is 23.4 Å². The summed E-state index contributed by atoms with van der Waals surface area (Å²) in [5.74, 6) is 0.913. The molecule has 1 amide bonds. The van der Waals surface area contributed by atoms with Gasteiger partial charge in [0, 0.05) is 22.7 Å². The quantitative estimate of drug-likeness (QED) is 0.798. The summed E-state index contributed by atoms with van der Waals surface area (Å²) in [6, 6.07) is 15.5. The number of hydrogen-bond acceptors (Lipinski definition) is 4. The van der Waals surface area contributed by atoms with Gasteiger partial charge in [0.05, 0.1) is 0 Å². The molecule has 4 rings (SSSR count). The first-order valence-corrected chi connectivity index (χ1v) is 8.01. The Balaban J connectivity index is 1.56. The Hall–Kier alpha value is -2.95. The molecule has 5 nitrogen and oxygen atoms in total. The van der Waals surface area contributed by atoms with E-state index in [9.17, 15) is 4.79 Å². The van der Waals surface area contributed by atoms with Crippen LogP contribution in [0.15, 0.2) is 52.9 Å². The van der Waals surface area contributed by atoms with Crippen molar-refractivity contribution >= 4 is 5.91 Å². The van der Waals surface area contributed by atoms with Gasteiger partial charge in [-0.25, -0.2) is 0 Å². The Morgan fingerprint density at radius 1 is 1.04 bits per heavy atom. The molecular weight excluding hydrogens is 302 g/mol. The molecule has 1 fully saturated rings. The van der Waals surface area contributed by atoms with Gasteiger partial charge in [-0.15, -0.1) is 10.2 Å². The first kappa shape index (κ1) is 14.6. The minimum Gasteiger partial charge on any atom is -0.416 e. The molecule has 0 unspecified atom stereocenters. The lowest BCUT2D eigenvalue weighted by Crippen LogP contribution is -2.25. The standard InChI is InChI=1S/C19H17N3O2/c1-12-4-2-3-5-16(12)19-22-21-18(24-19)14-8-6-13(7-9-14)17(23)20-15-10-11-15/h2-9,15H,10-11H2,1H3,(H,20,23). The highest BCUT2D eigenvalue weighted by Crippen LogP contribution is 2.26. The Morgan fingerprint density at radius 2 is 1.75 bits per heavy atom. The summed E-state index contributed by atoms with van der Waals surface area (Å²) in [6.07, 6.45) is 2.15. The van der Waals surface area contributed by atoms with Crippen molar-refractivity contribution in [2.24, 2.45) is 0 Å². The minimum absolute atomic E-state index is 0.0322. The lowest BCUT2D eigenvalue weighted by molar-refractivity contribution is 0.0951. The van der Waals surface area contributed by atoms with E-state index in [1.807, 2.05) is 43.3 Å². The fraction of sp³-hybridized carbons (Fsp3) is 0.211. The fourth-order valence-corrected chi connectivity index (χ4v) is 2.52. The highest BCUT2D eigenvalue weighted by atomic mass is 16.4. The third-order valence-corrected chi connectivity index (χ3v) is 4.11. The van der Waals surface area contributed by atoms with Crippen LogP contribution in [0, 0.1) is 6.92 Å². The number of rotatable bonds is 4. The molecule has 0 radical (unpaired) electrons. The second-order valence-electron chi connectivity index (χ2n) is 6.05. The number of hydrogen-bond donors (Lipinski definition) is 1. The maximum Gasteiger partial charge on any atom is 0.251 e. The van der Waals surface area contributed by atoms with Crippen LogP contribution in [0.5, 0.6) is 0 Å². The van der Waals surface area contributed by atoms with Gasteiger partial charge in [-0.1, -0.05) is 18.2 Å². The van der Waals surface area contributed by atoms with Crippen LogP contribution in [0.4, 0.5) is 0 Å². The third kappa shape index (κ3) is 2.93. The van der Waals surface area contributed by atoms with Gasteiger partial charge < -0.3 is 9.73 Å². The lowest BCUT2D eigenvalue weighted by Gasteiger charge is -2.03. The van der Waals surface area contributed by atoms with Crippen molar-refractivity contribution in [3.05, 3.63) is 59.7 Å². The normalized spacial score (nSPS) is 13.7. The summed E-state index contributed by atoms with van der Waals surface area (Å²) >= 11 is 0. The van der Waals surface area contributed by atoms with Crippen molar-refractivity contribution in [2.45, 2.75) is 25.8 Å². The van der Waals surface area contributed by atoms with Gasteiger partial charge in [-0.3, -0.25) is 4.79 Å². The molecule has 0 spiro atoms. The van der Waals surface area contributed by atoms with E-state index < -0.39 is 0 Å². The first-order valence-electron chi connectivity index (χ1n) is 8.01. The molecule has 1 aromatic heterocycles. The number of carbonyl (C=O) groups excluding carboxylic acids is 1. The van der Waals surface area contributed by atoms with Crippen molar-refractivity contribution < 1.29 is 9.21 Å². The van der Waals surface area contributed by atoms with Crippen molar-refractivity contribution in [3.8, 4) is 22.9 Å². The molecule has 1 heterocycles. The first-order chi connectivity index (χ1) is 11.7. The summed E-state index contributed by atoms with van der Waals surface area (Å²) in [5.41, 5.74) is 3.45. The van der Waals surface area contributed by atoms with Crippen molar-refractivity contribution in [2.75, 3.05) is 0 Å². The SMILES string of the molecule is Cc1ccccc1-c1nnc(-c2ccc(C(=O)NC3CC3)cc2)o1. The number of benzene rings is 2. The van der Waals surface area contributed by atoms with Gasteiger partial charge in [0.1, 0.15) is 0 Å². The molecule has 0 atom stereocenters. The zero-order chi connectivity index (χ0) is 16.5. The van der Waals surface area contributed by atoms with Crippen LogP contribution >= 0.6 is 0 Å². The number of aryl methyl sites for hydroxylation is 1. The Labute approximate surface area is 139 Å². The van der Waals surface area contributed by atoms with Gasteiger partial charge in [-0.2, -0.15) is 0 Å². The Bertz CT molecular complexity index is 880. The van der Waals surface area contributed by atoms with E-state index in [0.717, 1.165) is 29.5 Å². The Kier molecular flexibility index (Phi) is 3.61. The highest BCUT2D eigenvalue weighted by molar-refractivity contribution is 5.94. The van der Waals surface area contributed by atoms with Crippen LogP contribution in [0.3, 0.4) is 0 Å². The zero-order valence-corrected chi connectivity index (χ0v) is 13.3. The van der Waals surface area contributed by atoms with Crippen LogP contribution in [0.2, 0.25) is 0 Å². The largest absolute Gasteiger partial charge is 0.416 e. The molecule has 0 aliphatic heterocycles. The predicted molar refractivity (Wildman–Crippen MR) is 90.4 cm³/mol. The summed E-state index contributed by atoms with van der Waals surface area (Å²) in [7, 11) is 0. The fourth-order valence-electron chi connectivity index (χ4n) is 2.52. The average Bonchev–Trinajstić information content (AvgIpc) is 3.28. The molecule has 1 saturated carbocycles. The number of amides is 1. The second kappa shape index (κ2) is 5.92. The van der Waals surface area contributed by atoms with Crippen LogP contribution in [-0.4, -0.2) is 22.1 Å². The summed E-state index contributed by atoms with van der Waals surface area (Å²) in [5, 5.41) is 11.2. The van der Waals surface area contributed by atoms with Crippen molar-refractivity contribution in [1.82, 2.24) is 15.5 Å². The summed E-state index contributed by atoms with van der Waals surface area (Å²) < 4.78 is 5.79. The monoisotopic (exact) mass is 319 g/mol. The molecule has 5 heteroatoms. The highest BCUT2D eigenvalue weighted by Gasteiger charge is 2.23. The molecule has 1 aliphatic rings. The molecule has 1 aliphatic carbocycles. The van der Waals surface area contributed by atoms with E-state index in [1.165, 1.54) is 0 Å². The van der Waals surface area contributed by atoms with Crippen molar-refractivity contribution in [1.29, 1.82) is 0 Å². The minimum atomic E-state index is -0.0322. The molecule has 2 aromatic carbocycles. The zero-order valence-electron chi connectivity index (χ0n) is 13.3. The van der Waals surface area contributed by atoms with Gasteiger partial charge in [0.25, 0.3) is 5.91 Å². The van der Waals surface area contributed by atoms with Crippen LogP contribution in [0.1, 0.15) is 28.8 Å². The summed E-state index contributed by atoms with van der Waals surface area (Å²) in [4.78, 5) is 12.0.